The number of hydrogen-bond acceptors (Lipinski definition) is 3. The third-order valence-electron chi connectivity index (χ3n) is 3.03. The number of rotatable bonds is 3. The van der Waals surface area contributed by atoms with E-state index in [9.17, 15) is 4.79 Å². The van der Waals surface area contributed by atoms with E-state index >= 15 is 0 Å². The smallest absolute Gasteiger partial charge is 0.169 e. The summed E-state index contributed by atoms with van der Waals surface area (Å²) in [6, 6.07) is 9.98. The number of carbonyl (C=O) groups excluding carboxylic acids is 1. The van der Waals surface area contributed by atoms with Crippen molar-refractivity contribution in [1.82, 2.24) is 0 Å². The molecule has 1 aliphatic carbocycles. The Morgan fingerprint density at radius 2 is 1.94 bits per heavy atom. The van der Waals surface area contributed by atoms with E-state index < -0.39 is 0 Å². The summed E-state index contributed by atoms with van der Waals surface area (Å²) in [5.74, 6) is 0.138. The SMILES string of the molecule is CC(C)(C)C(=O)c1ccccc1SC1(C#N)CC1. The molecule has 0 aromatic heterocycles. The van der Waals surface area contributed by atoms with Crippen molar-refractivity contribution < 1.29 is 4.79 Å². The normalized spacial score (nSPS) is 17.0. The Morgan fingerprint density at radius 3 is 2.44 bits per heavy atom. The maximum Gasteiger partial charge on any atom is 0.169 e. The van der Waals surface area contributed by atoms with Crippen molar-refractivity contribution in [2.45, 2.75) is 43.3 Å². The number of carbonyl (C=O) groups is 1. The first-order chi connectivity index (χ1) is 8.38. The molecule has 0 amide bonds. The van der Waals surface area contributed by atoms with Gasteiger partial charge in [-0.3, -0.25) is 4.79 Å². The molecule has 2 rings (SSSR count). The van der Waals surface area contributed by atoms with Gasteiger partial charge < -0.3 is 0 Å². The summed E-state index contributed by atoms with van der Waals surface area (Å²) in [7, 11) is 0. The molecule has 1 saturated carbocycles. The maximum atomic E-state index is 12.4. The molecule has 2 nitrogen and oxygen atoms in total. The fourth-order valence-corrected chi connectivity index (χ4v) is 2.90. The van der Waals surface area contributed by atoms with Crippen molar-refractivity contribution in [2.24, 2.45) is 5.41 Å². The van der Waals surface area contributed by atoms with Gasteiger partial charge in [0.25, 0.3) is 0 Å². The fourth-order valence-electron chi connectivity index (χ4n) is 1.71. The van der Waals surface area contributed by atoms with Crippen LogP contribution in [0.15, 0.2) is 29.2 Å². The van der Waals surface area contributed by atoms with Crippen LogP contribution in [0.1, 0.15) is 44.0 Å². The summed E-state index contributed by atoms with van der Waals surface area (Å²) in [4.78, 5) is 13.3. The number of nitriles is 1. The van der Waals surface area contributed by atoms with E-state index in [1.165, 1.54) is 0 Å². The molecule has 1 aromatic rings. The molecule has 1 aromatic carbocycles. The summed E-state index contributed by atoms with van der Waals surface area (Å²) in [5, 5.41) is 9.15. The number of thioether (sulfide) groups is 1. The summed E-state index contributed by atoms with van der Waals surface area (Å²) < 4.78 is -0.283. The number of nitrogens with zero attached hydrogens (tertiary/aromatic N) is 1. The van der Waals surface area contributed by atoms with Crippen LogP contribution in [0.4, 0.5) is 0 Å². The summed E-state index contributed by atoms with van der Waals surface area (Å²) in [5.41, 5.74) is 0.358. The van der Waals surface area contributed by atoms with Gasteiger partial charge in [-0.2, -0.15) is 5.26 Å². The standard InChI is InChI=1S/C15H17NOS/c1-14(2,3)13(17)11-6-4-5-7-12(11)18-15(10-16)8-9-15/h4-7H,8-9H2,1-3H3. The summed E-state index contributed by atoms with van der Waals surface area (Å²) in [6.45, 7) is 5.77. The van der Waals surface area contributed by atoms with Crippen LogP contribution in [0.5, 0.6) is 0 Å². The molecule has 0 radical (unpaired) electrons. The lowest BCUT2D eigenvalue weighted by atomic mass is 9.86. The van der Waals surface area contributed by atoms with Gasteiger partial charge in [0.1, 0.15) is 4.75 Å². The van der Waals surface area contributed by atoms with Gasteiger partial charge in [-0.05, 0) is 18.9 Å². The van der Waals surface area contributed by atoms with Gasteiger partial charge in [0.2, 0.25) is 0 Å². The van der Waals surface area contributed by atoms with Crippen molar-refractivity contribution in [3.63, 3.8) is 0 Å². The Balaban J connectivity index is 2.32. The second kappa shape index (κ2) is 4.44. The predicted molar refractivity (Wildman–Crippen MR) is 73.7 cm³/mol. The van der Waals surface area contributed by atoms with Gasteiger partial charge in [-0.1, -0.05) is 39.0 Å². The van der Waals surface area contributed by atoms with Crippen molar-refractivity contribution >= 4 is 17.5 Å². The molecular weight excluding hydrogens is 242 g/mol. The number of Topliss-reactive ketones (excluding diaryl/α,β-unsaturated/α-hetero) is 1. The molecule has 0 spiro atoms. The molecule has 0 bridgehead atoms. The molecule has 0 heterocycles. The molecule has 3 heteroatoms. The largest absolute Gasteiger partial charge is 0.294 e. The van der Waals surface area contributed by atoms with Crippen LogP contribution in [-0.2, 0) is 0 Å². The molecule has 1 aliphatic rings. The van der Waals surface area contributed by atoms with E-state index in [0.29, 0.717) is 0 Å². The molecular formula is C15H17NOS. The monoisotopic (exact) mass is 259 g/mol. The molecule has 0 saturated heterocycles. The van der Waals surface area contributed by atoms with Crippen molar-refractivity contribution in [1.29, 1.82) is 5.26 Å². The van der Waals surface area contributed by atoms with E-state index in [1.807, 2.05) is 45.0 Å². The zero-order chi connectivity index (χ0) is 13.4. The molecule has 94 valence electrons. The first-order valence-electron chi connectivity index (χ1n) is 6.12. The second-order valence-electron chi connectivity index (χ2n) is 5.78. The average Bonchev–Trinajstić information content (AvgIpc) is 3.08. The zero-order valence-corrected chi connectivity index (χ0v) is 11.8. The van der Waals surface area contributed by atoms with Crippen LogP contribution < -0.4 is 0 Å². The topological polar surface area (TPSA) is 40.9 Å². The van der Waals surface area contributed by atoms with Gasteiger partial charge in [0.05, 0.1) is 6.07 Å². The lowest BCUT2D eigenvalue weighted by molar-refractivity contribution is 0.0855. The Hall–Kier alpha value is -1.27. The Labute approximate surface area is 112 Å². The highest BCUT2D eigenvalue weighted by Crippen LogP contribution is 2.52. The minimum absolute atomic E-state index is 0.138. The van der Waals surface area contributed by atoms with E-state index in [1.54, 1.807) is 11.8 Å². The van der Waals surface area contributed by atoms with Crippen molar-refractivity contribution in [2.75, 3.05) is 0 Å². The van der Waals surface area contributed by atoms with Crippen LogP contribution in [0, 0.1) is 16.7 Å². The minimum Gasteiger partial charge on any atom is -0.294 e. The molecule has 0 atom stereocenters. The molecule has 0 N–H and O–H groups in total. The first-order valence-corrected chi connectivity index (χ1v) is 6.94. The van der Waals surface area contributed by atoms with E-state index in [2.05, 4.69) is 6.07 Å². The highest BCUT2D eigenvalue weighted by Gasteiger charge is 2.45. The number of benzene rings is 1. The predicted octanol–water partition coefficient (Wildman–Crippen LogP) is 4.06. The van der Waals surface area contributed by atoms with Crippen molar-refractivity contribution in [3.05, 3.63) is 29.8 Å². The lowest BCUT2D eigenvalue weighted by Crippen LogP contribution is -2.21. The quantitative estimate of drug-likeness (QED) is 0.768. The Morgan fingerprint density at radius 1 is 1.33 bits per heavy atom. The highest BCUT2D eigenvalue weighted by molar-refractivity contribution is 8.01. The fraction of sp³-hybridized carbons (Fsp3) is 0.467. The molecule has 0 unspecified atom stereocenters. The summed E-state index contributed by atoms with van der Waals surface area (Å²) in [6.07, 6.45) is 1.85. The maximum absolute atomic E-state index is 12.4. The third kappa shape index (κ3) is 2.59. The van der Waals surface area contributed by atoms with Gasteiger partial charge in [0, 0.05) is 15.9 Å². The average molecular weight is 259 g/mol. The highest BCUT2D eigenvalue weighted by atomic mass is 32.2. The zero-order valence-electron chi connectivity index (χ0n) is 11.0. The third-order valence-corrected chi connectivity index (χ3v) is 4.49. The van der Waals surface area contributed by atoms with Gasteiger partial charge in [0.15, 0.2) is 5.78 Å². The second-order valence-corrected chi connectivity index (χ2v) is 7.21. The van der Waals surface area contributed by atoms with Crippen LogP contribution >= 0.6 is 11.8 Å². The van der Waals surface area contributed by atoms with E-state index in [0.717, 1.165) is 23.3 Å². The van der Waals surface area contributed by atoms with E-state index in [-0.39, 0.29) is 15.9 Å². The number of ketones is 1. The van der Waals surface area contributed by atoms with Crippen LogP contribution in [-0.4, -0.2) is 10.5 Å². The minimum atomic E-state index is -0.389. The van der Waals surface area contributed by atoms with E-state index in [4.69, 9.17) is 5.26 Å². The van der Waals surface area contributed by atoms with Gasteiger partial charge >= 0.3 is 0 Å². The van der Waals surface area contributed by atoms with Crippen molar-refractivity contribution in [3.8, 4) is 6.07 Å². The van der Waals surface area contributed by atoms with Gasteiger partial charge in [-0.15, -0.1) is 11.8 Å². The lowest BCUT2D eigenvalue weighted by Gasteiger charge is -2.19. The van der Waals surface area contributed by atoms with Crippen LogP contribution in [0.25, 0.3) is 0 Å². The Bertz CT molecular complexity index is 518. The Kier molecular flexibility index (Phi) is 3.25. The summed E-state index contributed by atoms with van der Waals surface area (Å²) >= 11 is 1.55. The first kappa shape index (κ1) is 13.2. The molecule has 1 fully saturated rings. The van der Waals surface area contributed by atoms with Crippen LogP contribution in [0.2, 0.25) is 0 Å². The van der Waals surface area contributed by atoms with Crippen LogP contribution in [0.3, 0.4) is 0 Å². The van der Waals surface area contributed by atoms with Gasteiger partial charge in [-0.25, -0.2) is 0 Å². The number of hydrogen-bond donors (Lipinski definition) is 0. The molecule has 18 heavy (non-hydrogen) atoms. The molecule has 0 aliphatic heterocycles.